The van der Waals surface area contributed by atoms with Crippen molar-refractivity contribution in [3.8, 4) is 0 Å². The predicted octanol–water partition coefficient (Wildman–Crippen LogP) is 3.67. The molecule has 0 aromatic rings. The quantitative estimate of drug-likeness (QED) is 0.757. The first kappa shape index (κ1) is 13.6. The lowest BCUT2D eigenvalue weighted by Crippen LogP contribution is -2.58. The SMILES string of the molecule is C=CC(=O)NC1(CCC)CC2CCC1(C)C2(C)C. The molecular formula is C16H27NO. The van der Waals surface area contributed by atoms with Crippen molar-refractivity contribution in [2.45, 2.75) is 65.3 Å². The molecule has 2 heteroatoms. The molecule has 0 aromatic heterocycles. The number of hydrogen-bond donors (Lipinski definition) is 1. The van der Waals surface area contributed by atoms with E-state index < -0.39 is 0 Å². The van der Waals surface area contributed by atoms with Crippen LogP contribution < -0.4 is 5.32 Å². The minimum Gasteiger partial charge on any atom is -0.347 e. The molecule has 1 N–H and O–H groups in total. The summed E-state index contributed by atoms with van der Waals surface area (Å²) in [5.41, 5.74) is 0.537. The molecule has 2 fully saturated rings. The van der Waals surface area contributed by atoms with Crippen LogP contribution >= 0.6 is 0 Å². The first-order valence-electron chi connectivity index (χ1n) is 7.27. The van der Waals surface area contributed by atoms with Crippen LogP contribution in [-0.2, 0) is 4.79 Å². The third-order valence-corrected chi connectivity index (χ3v) is 6.31. The Morgan fingerprint density at radius 1 is 1.44 bits per heavy atom. The molecule has 2 bridgehead atoms. The Bertz CT molecular complexity index is 373. The van der Waals surface area contributed by atoms with Gasteiger partial charge in [0.15, 0.2) is 0 Å². The number of nitrogens with one attached hydrogen (secondary N) is 1. The summed E-state index contributed by atoms with van der Waals surface area (Å²) in [5, 5.41) is 3.31. The fourth-order valence-electron chi connectivity index (χ4n) is 4.80. The van der Waals surface area contributed by atoms with Crippen LogP contribution in [0.1, 0.15) is 59.8 Å². The average Bonchev–Trinajstić information content (AvgIpc) is 2.61. The summed E-state index contributed by atoms with van der Waals surface area (Å²) in [6.07, 6.45) is 7.32. The normalized spacial score (nSPS) is 40.8. The molecule has 0 heterocycles. The van der Waals surface area contributed by atoms with Crippen molar-refractivity contribution in [1.82, 2.24) is 5.32 Å². The Morgan fingerprint density at radius 3 is 2.50 bits per heavy atom. The summed E-state index contributed by atoms with van der Waals surface area (Å²) in [7, 11) is 0. The van der Waals surface area contributed by atoms with Gasteiger partial charge in [-0.2, -0.15) is 0 Å². The third-order valence-electron chi connectivity index (χ3n) is 6.31. The second kappa shape index (κ2) is 4.11. The second-order valence-corrected chi connectivity index (χ2v) is 7.02. The highest BCUT2D eigenvalue weighted by atomic mass is 16.1. The second-order valence-electron chi connectivity index (χ2n) is 7.02. The zero-order valence-electron chi connectivity index (χ0n) is 12.3. The third kappa shape index (κ3) is 1.50. The number of carbonyl (C=O) groups is 1. The van der Waals surface area contributed by atoms with Crippen LogP contribution in [0.4, 0.5) is 0 Å². The van der Waals surface area contributed by atoms with Gasteiger partial charge in [-0.25, -0.2) is 0 Å². The highest BCUT2D eigenvalue weighted by molar-refractivity contribution is 5.87. The topological polar surface area (TPSA) is 29.1 Å². The summed E-state index contributed by atoms with van der Waals surface area (Å²) < 4.78 is 0. The van der Waals surface area contributed by atoms with Crippen LogP contribution in [0.15, 0.2) is 12.7 Å². The average molecular weight is 249 g/mol. The number of hydrogen-bond acceptors (Lipinski definition) is 1. The molecule has 1 amide bonds. The zero-order chi connectivity index (χ0) is 13.6. The summed E-state index contributed by atoms with van der Waals surface area (Å²) in [6.45, 7) is 13.0. The van der Waals surface area contributed by atoms with Gasteiger partial charge >= 0.3 is 0 Å². The molecule has 102 valence electrons. The first-order valence-corrected chi connectivity index (χ1v) is 7.27. The van der Waals surface area contributed by atoms with E-state index in [-0.39, 0.29) is 16.9 Å². The fraction of sp³-hybridized carbons (Fsp3) is 0.812. The van der Waals surface area contributed by atoms with Crippen LogP contribution in [0.25, 0.3) is 0 Å². The Kier molecular flexibility index (Phi) is 3.11. The Morgan fingerprint density at radius 2 is 2.11 bits per heavy atom. The summed E-state index contributed by atoms with van der Waals surface area (Å²) >= 11 is 0. The first-order chi connectivity index (χ1) is 8.33. The van der Waals surface area contributed by atoms with Crippen molar-refractivity contribution < 1.29 is 4.79 Å². The van der Waals surface area contributed by atoms with Gasteiger partial charge < -0.3 is 5.32 Å². The lowest BCUT2D eigenvalue weighted by atomic mass is 9.61. The number of carbonyl (C=O) groups excluding carboxylic acids is 1. The molecule has 3 atom stereocenters. The van der Waals surface area contributed by atoms with Crippen molar-refractivity contribution >= 4 is 5.91 Å². The zero-order valence-corrected chi connectivity index (χ0v) is 12.3. The number of fused-ring (bicyclic) bond motifs is 2. The largest absolute Gasteiger partial charge is 0.347 e. The van der Waals surface area contributed by atoms with Crippen LogP contribution in [0, 0.1) is 16.7 Å². The molecular weight excluding hydrogens is 222 g/mol. The van der Waals surface area contributed by atoms with Gasteiger partial charge in [-0.1, -0.05) is 40.7 Å². The van der Waals surface area contributed by atoms with E-state index in [4.69, 9.17) is 0 Å². The van der Waals surface area contributed by atoms with E-state index in [1.165, 1.54) is 18.9 Å². The van der Waals surface area contributed by atoms with Crippen LogP contribution in [0.5, 0.6) is 0 Å². The molecule has 2 saturated carbocycles. The van der Waals surface area contributed by atoms with E-state index in [0.29, 0.717) is 5.41 Å². The lowest BCUT2D eigenvalue weighted by Gasteiger charge is -2.49. The Hall–Kier alpha value is -0.790. The highest BCUT2D eigenvalue weighted by Crippen LogP contribution is 2.70. The maximum Gasteiger partial charge on any atom is 0.243 e. The van der Waals surface area contributed by atoms with Crippen molar-refractivity contribution in [2.24, 2.45) is 16.7 Å². The molecule has 2 aliphatic rings. The van der Waals surface area contributed by atoms with Crippen molar-refractivity contribution in [3.63, 3.8) is 0 Å². The van der Waals surface area contributed by atoms with E-state index in [2.05, 4.69) is 39.6 Å². The van der Waals surface area contributed by atoms with Gasteiger partial charge in [-0.3, -0.25) is 4.79 Å². The van der Waals surface area contributed by atoms with E-state index in [9.17, 15) is 4.79 Å². The molecule has 2 aliphatic carbocycles. The molecule has 0 aliphatic heterocycles. The van der Waals surface area contributed by atoms with Crippen molar-refractivity contribution in [2.75, 3.05) is 0 Å². The minimum absolute atomic E-state index is 0.00646. The highest BCUT2D eigenvalue weighted by Gasteiger charge is 2.68. The lowest BCUT2D eigenvalue weighted by molar-refractivity contribution is -0.120. The molecule has 0 spiro atoms. The van der Waals surface area contributed by atoms with E-state index in [1.807, 2.05) is 0 Å². The molecule has 0 saturated heterocycles. The molecule has 0 aromatic carbocycles. The molecule has 2 rings (SSSR count). The van der Waals surface area contributed by atoms with Crippen LogP contribution in [0.2, 0.25) is 0 Å². The Balaban J connectivity index is 2.38. The maximum absolute atomic E-state index is 11.8. The molecule has 0 radical (unpaired) electrons. The van der Waals surface area contributed by atoms with Gasteiger partial charge in [-0.15, -0.1) is 0 Å². The summed E-state index contributed by atoms with van der Waals surface area (Å²) in [4.78, 5) is 11.8. The molecule has 2 nitrogen and oxygen atoms in total. The predicted molar refractivity (Wildman–Crippen MR) is 75.2 cm³/mol. The van der Waals surface area contributed by atoms with E-state index >= 15 is 0 Å². The molecule has 3 unspecified atom stereocenters. The fourth-order valence-corrected chi connectivity index (χ4v) is 4.80. The van der Waals surface area contributed by atoms with Gasteiger partial charge in [0.05, 0.1) is 0 Å². The molecule has 18 heavy (non-hydrogen) atoms. The maximum atomic E-state index is 11.8. The number of amides is 1. The van der Waals surface area contributed by atoms with Gasteiger partial charge in [0.1, 0.15) is 0 Å². The van der Waals surface area contributed by atoms with Crippen molar-refractivity contribution in [3.05, 3.63) is 12.7 Å². The minimum atomic E-state index is -0.0144. The van der Waals surface area contributed by atoms with Crippen LogP contribution in [-0.4, -0.2) is 11.4 Å². The van der Waals surface area contributed by atoms with Gasteiger partial charge in [-0.05, 0) is 48.5 Å². The van der Waals surface area contributed by atoms with Gasteiger partial charge in [0.25, 0.3) is 0 Å². The standard InChI is InChI=1S/C16H27NO/c1-6-9-16(17-13(18)7-2)11-12-8-10-15(16,5)14(12,3)4/h7,12H,2,6,8-11H2,1,3-5H3,(H,17,18). The van der Waals surface area contributed by atoms with Crippen LogP contribution in [0.3, 0.4) is 0 Å². The van der Waals surface area contributed by atoms with Crippen molar-refractivity contribution in [1.29, 1.82) is 0 Å². The number of rotatable bonds is 4. The van der Waals surface area contributed by atoms with Gasteiger partial charge in [0.2, 0.25) is 5.91 Å². The summed E-state index contributed by atoms with van der Waals surface area (Å²) in [5.74, 6) is 0.743. The van der Waals surface area contributed by atoms with E-state index in [0.717, 1.165) is 25.2 Å². The smallest absolute Gasteiger partial charge is 0.243 e. The van der Waals surface area contributed by atoms with Gasteiger partial charge in [0, 0.05) is 5.54 Å². The monoisotopic (exact) mass is 249 g/mol. The Labute approximate surface area is 111 Å². The van der Waals surface area contributed by atoms with E-state index in [1.54, 1.807) is 0 Å². The summed E-state index contributed by atoms with van der Waals surface area (Å²) in [6, 6.07) is 0.